The first-order valence-corrected chi connectivity index (χ1v) is 12.5. The van der Waals surface area contributed by atoms with Crippen molar-refractivity contribution in [3.63, 3.8) is 0 Å². The van der Waals surface area contributed by atoms with E-state index in [2.05, 4.69) is 6.92 Å². The lowest BCUT2D eigenvalue weighted by Gasteiger charge is -2.37. The van der Waals surface area contributed by atoms with E-state index in [-0.39, 0.29) is 18.0 Å². The van der Waals surface area contributed by atoms with Gasteiger partial charge in [0.1, 0.15) is 6.10 Å². The van der Waals surface area contributed by atoms with E-state index in [1.54, 1.807) is 0 Å². The van der Waals surface area contributed by atoms with Crippen molar-refractivity contribution in [2.75, 3.05) is 6.61 Å². The number of aliphatic hydroxyl groups excluding tert-OH is 1. The van der Waals surface area contributed by atoms with Gasteiger partial charge in [-0.25, -0.2) is 0 Å². The molecule has 0 spiro atoms. The second kappa shape index (κ2) is 11.6. The average Bonchev–Trinajstić information content (AvgIpc) is 2.74. The molecule has 0 aromatic carbocycles. The van der Waals surface area contributed by atoms with Gasteiger partial charge < -0.3 is 9.84 Å². The molecule has 2 aliphatic carbocycles. The molecule has 3 fully saturated rings. The van der Waals surface area contributed by atoms with Gasteiger partial charge in [0.05, 0.1) is 5.92 Å². The van der Waals surface area contributed by atoms with E-state index in [4.69, 9.17) is 4.74 Å². The number of esters is 1. The van der Waals surface area contributed by atoms with Crippen molar-refractivity contribution in [1.82, 2.24) is 0 Å². The zero-order valence-corrected chi connectivity index (χ0v) is 18.2. The van der Waals surface area contributed by atoms with Crippen LogP contribution in [-0.2, 0) is 9.53 Å². The first-order chi connectivity index (χ1) is 13.7. The number of carbonyl (C=O) groups excluding carboxylic acids is 1. The van der Waals surface area contributed by atoms with E-state index in [0.717, 1.165) is 31.1 Å². The van der Waals surface area contributed by atoms with Crippen LogP contribution in [0.1, 0.15) is 110 Å². The predicted octanol–water partition coefficient (Wildman–Crippen LogP) is 6.27. The summed E-state index contributed by atoms with van der Waals surface area (Å²) in [6, 6.07) is 0. The topological polar surface area (TPSA) is 46.5 Å². The Hall–Kier alpha value is -0.570. The summed E-state index contributed by atoms with van der Waals surface area (Å²) in [5.74, 6) is 3.29. The number of cyclic esters (lactones) is 1. The summed E-state index contributed by atoms with van der Waals surface area (Å²) < 4.78 is 5.92. The first kappa shape index (κ1) is 22.1. The second-order valence-corrected chi connectivity index (χ2v) is 10.2. The van der Waals surface area contributed by atoms with Crippen molar-refractivity contribution < 1.29 is 14.6 Å². The lowest BCUT2D eigenvalue weighted by atomic mass is 9.73. The number of ether oxygens (including phenoxy) is 1. The highest BCUT2D eigenvalue weighted by Crippen LogP contribution is 2.40. The molecule has 1 saturated heterocycles. The van der Waals surface area contributed by atoms with E-state index in [1.807, 2.05) is 0 Å². The van der Waals surface area contributed by atoms with Gasteiger partial charge in [-0.1, -0.05) is 64.7 Å². The van der Waals surface area contributed by atoms with Gasteiger partial charge in [0.25, 0.3) is 0 Å². The number of carbonyl (C=O) groups is 1. The standard InChI is InChI=1S/C25H44O3/c1-2-3-4-5-23-16-17-24(28-25(23)27)22-14-12-20(13-15-22)7-6-19-8-10-21(18-26)11-9-19/h19-24,26H,2-18H2,1H3. The van der Waals surface area contributed by atoms with Gasteiger partial charge in [0, 0.05) is 6.61 Å². The van der Waals surface area contributed by atoms with Gasteiger partial charge in [0.2, 0.25) is 0 Å². The van der Waals surface area contributed by atoms with Crippen LogP contribution in [-0.4, -0.2) is 23.8 Å². The van der Waals surface area contributed by atoms with Crippen molar-refractivity contribution in [2.24, 2.45) is 29.6 Å². The predicted molar refractivity (Wildman–Crippen MR) is 114 cm³/mol. The summed E-state index contributed by atoms with van der Waals surface area (Å²) >= 11 is 0. The summed E-state index contributed by atoms with van der Waals surface area (Å²) in [6.07, 6.45) is 20.2. The molecule has 28 heavy (non-hydrogen) atoms. The van der Waals surface area contributed by atoms with Gasteiger partial charge in [0.15, 0.2) is 0 Å². The Morgan fingerprint density at radius 1 is 0.786 bits per heavy atom. The molecule has 1 N–H and O–H groups in total. The van der Waals surface area contributed by atoms with Gasteiger partial charge in [-0.15, -0.1) is 0 Å². The minimum atomic E-state index is 0.105. The molecule has 2 unspecified atom stereocenters. The maximum Gasteiger partial charge on any atom is 0.309 e. The van der Waals surface area contributed by atoms with E-state index in [0.29, 0.717) is 18.4 Å². The molecule has 0 bridgehead atoms. The Bertz CT molecular complexity index is 447. The van der Waals surface area contributed by atoms with Gasteiger partial charge in [-0.3, -0.25) is 4.79 Å². The quantitative estimate of drug-likeness (QED) is 0.371. The van der Waals surface area contributed by atoms with Crippen molar-refractivity contribution in [2.45, 2.75) is 116 Å². The van der Waals surface area contributed by atoms with Crippen molar-refractivity contribution in [3.05, 3.63) is 0 Å². The summed E-state index contributed by atoms with van der Waals surface area (Å²) in [5.41, 5.74) is 0. The van der Waals surface area contributed by atoms with Gasteiger partial charge >= 0.3 is 5.97 Å². The number of rotatable bonds is 9. The van der Waals surface area contributed by atoms with Crippen LogP contribution in [0, 0.1) is 29.6 Å². The third-order valence-electron chi connectivity index (χ3n) is 8.18. The lowest BCUT2D eigenvalue weighted by molar-refractivity contribution is -0.165. The first-order valence-electron chi connectivity index (χ1n) is 12.5. The van der Waals surface area contributed by atoms with Crippen LogP contribution in [0.5, 0.6) is 0 Å². The maximum absolute atomic E-state index is 12.4. The normalized spacial score (nSPS) is 36.9. The van der Waals surface area contributed by atoms with Gasteiger partial charge in [-0.05, 0) is 68.6 Å². The molecule has 162 valence electrons. The molecule has 0 aromatic rings. The molecule has 3 rings (SSSR count). The molecule has 0 radical (unpaired) electrons. The fourth-order valence-electron chi connectivity index (χ4n) is 6.05. The highest BCUT2D eigenvalue weighted by atomic mass is 16.5. The van der Waals surface area contributed by atoms with Crippen LogP contribution >= 0.6 is 0 Å². The van der Waals surface area contributed by atoms with Crippen LogP contribution in [0.15, 0.2) is 0 Å². The molecule has 2 atom stereocenters. The Morgan fingerprint density at radius 2 is 1.39 bits per heavy atom. The van der Waals surface area contributed by atoms with Crippen LogP contribution in [0.2, 0.25) is 0 Å². The Balaban J connectivity index is 1.31. The highest BCUT2D eigenvalue weighted by molar-refractivity contribution is 5.73. The van der Waals surface area contributed by atoms with Gasteiger partial charge in [-0.2, -0.15) is 0 Å². The monoisotopic (exact) mass is 392 g/mol. The molecule has 0 amide bonds. The molecule has 3 aliphatic rings. The summed E-state index contributed by atoms with van der Waals surface area (Å²) in [6.45, 7) is 2.61. The summed E-state index contributed by atoms with van der Waals surface area (Å²) in [7, 11) is 0. The zero-order valence-electron chi connectivity index (χ0n) is 18.2. The molecule has 1 heterocycles. The maximum atomic E-state index is 12.4. The van der Waals surface area contributed by atoms with Crippen LogP contribution < -0.4 is 0 Å². The molecular formula is C25H44O3. The van der Waals surface area contributed by atoms with E-state index in [1.165, 1.54) is 83.5 Å². The minimum absolute atomic E-state index is 0.105. The minimum Gasteiger partial charge on any atom is -0.462 e. The fraction of sp³-hybridized carbons (Fsp3) is 0.960. The molecular weight excluding hydrogens is 348 g/mol. The van der Waals surface area contributed by atoms with E-state index in [9.17, 15) is 9.90 Å². The zero-order chi connectivity index (χ0) is 19.8. The summed E-state index contributed by atoms with van der Waals surface area (Å²) in [4.78, 5) is 12.4. The number of hydrogen-bond acceptors (Lipinski definition) is 3. The molecule has 0 aromatic heterocycles. The molecule has 1 aliphatic heterocycles. The van der Waals surface area contributed by atoms with Crippen molar-refractivity contribution in [3.8, 4) is 0 Å². The van der Waals surface area contributed by atoms with Crippen molar-refractivity contribution >= 4 is 5.97 Å². The van der Waals surface area contributed by atoms with Crippen LogP contribution in [0.25, 0.3) is 0 Å². The fourth-order valence-corrected chi connectivity index (χ4v) is 6.05. The second-order valence-electron chi connectivity index (χ2n) is 10.2. The number of aliphatic hydroxyl groups is 1. The Labute approximate surface area is 173 Å². The lowest BCUT2D eigenvalue weighted by Crippen LogP contribution is -2.37. The summed E-state index contributed by atoms with van der Waals surface area (Å²) in [5, 5.41) is 9.29. The third-order valence-corrected chi connectivity index (χ3v) is 8.18. The van der Waals surface area contributed by atoms with Crippen molar-refractivity contribution in [1.29, 1.82) is 0 Å². The Morgan fingerprint density at radius 3 is 1.96 bits per heavy atom. The number of hydrogen-bond donors (Lipinski definition) is 1. The largest absolute Gasteiger partial charge is 0.462 e. The number of unbranched alkanes of at least 4 members (excludes halogenated alkanes) is 2. The van der Waals surface area contributed by atoms with E-state index >= 15 is 0 Å². The molecule has 3 heteroatoms. The molecule has 3 nitrogen and oxygen atoms in total. The SMILES string of the molecule is CCCCCC1CCC(C2CCC(CCC3CCC(CO)CC3)CC2)OC1=O. The molecule has 2 saturated carbocycles. The Kier molecular flexibility index (Phi) is 9.14. The third kappa shape index (κ3) is 6.47. The average molecular weight is 393 g/mol. The van der Waals surface area contributed by atoms with E-state index < -0.39 is 0 Å². The van der Waals surface area contributed by atoms with Crippen LogP contribution in [0.3, 0.4) is 0 Å². The van der Waals surface area contributed by atoms with Crippen LogP contribution in [0.4, 0.5) is 0 Å². The smallest absolute Gasteiger partial charge is 0.309 e. The highest BCUT2D eigenvalue weighted by Gasteiger charge is 2.36.